The third-order valence-electron chi connectivity index (χ3n) is 3.40. The average molecular weight is 391 g/mol. The van der Waals surface area contributed by atoms with Crippen LogP contribution >= 0.6 is 0 Å². The lowest BCUT2D eigenvalue weighted by Gasteiger charge is -2.08. The first-order valence-electron chi connectivity index (χ1n) is 8.23. The number of rotatable bonds is 8. The SMILES string of the molecule is CCOc1ccc(NC(=O)COC(=O)c2ccc(CS(C)(=O)=O)cc2)cc1. The summed E-state index contributed by atoms with van der Waals surface area (Å²) in [6, 6.07) is 12.8. The predicted molar refractivity (Wildman–Crippen MR) is 102 cm³/mol. The summed E-state index contributed by atoms with van der Waals surface area (Å²) in [5.41, 5.74) is 1.37. The molecule has 27 heavy (non-hydrogen) atoms. The minimum atomic E-state index is -3.14. The van der Waals surface area contributed by atoms with Gasteiger partial charge < -0.3 is 14.8 Å². The number of amides is 1. The highest BCUT2D eigenvalue weighted by Crippen LogP contribution is 2.15. The number of hydrogen-bond acceptors (Lipinski definition) is 6. The van der Waals surface area contributed by atoms with Gasteiger partial charge in [0.25, 0.3) is 5.91 Å². The molecule has 0 saturated heterocycles. The molecule has 0 atom stereocenters. The van der Waals surface area contributed by atoms with Gasteiger partial charge in [-0.05, 0) is 48.9 Å². The Labute approximate surface area is 158 Å². The Balaban J connectivity index is 1.84. The van der Waals surface area contributed by atoms with Gasteiger partial charge in [0.1, 0.15) is 5.75 Å². The number of benzene rings is 2. The van der Waals surface area contributed by atoms with Crippen molar-refractivity contribution in [3.05, 3.63) is 59.7 Å². The molecule has 0 heterocycles. The minimum Gasteiger partial charge on any atom is -0.494 e. The Hall–Kier alpha value is -2.87. The highest BCUT2D eigenvalue weighted by molar-refractivity contribution is 7.89. The van der Waals surface area contributed by atoms with Gasteiger partial charge in [-0.25, -0.2) is 13.2 Å². The summed E-state index contributed by atoms with van der Waals surface area (Å²) in [7, 11) is -3.14. The van der Waals surface area contributed by atoms with Crippen LogP contribution in [0.3, 0.4) is 0 Å². The van der Waals surface area contributed by atoms with Crippen LogP contribution in [-0.4, -0.2) is 39.8 Å². The molecule has 0 unspecified atom stereocenters. The molecule has 0 bridgehead atoms. The quantitative estimate of drug-likeness (QED) is 0.694. The first kappa shape index (κ1) is 20.4. The summed E-state index contributed by atoms with van der Waals surface area (Å²) in [6.07, 6.45) is 1.14. The molecular formula is C19H21NO6S. The highest BCUT2D eigenvalue weighted by atomic mass is 32.2. The van der Waals surface area contributed by atoms with Crippen LogP contribution in [0.1, 0.15) is 22.8 Å². The van der Waals surface area contributed by atoms with Gasteiger partial charge in [-0.2, -0.15) is 0 Å². The van der Waals surface area contributed by atoms with Crippen LogP contribution in [0.15, 0.2) is 48.5 Å². The summed E-state index contributed by atoms with van der Waals surface area (Å²) < 4.78 is 32.8. The third kappa shape index (κ3) is 7.10. The second-order valence-corrected chi connectivity index (χ2v) is 7.99. The number of carbonyl (C=O) groups excluding carboxylic acids is 2. The van der Waals surface area contributed by atoms with E-state index >= 15 is 0 Å². The molecule has 1 amide bonds. The first-order chi connectivity index (χ1) is 12.8. The lowest BCUT2D eigenvalue weighted by Crippen LogP contribution is -2.20. The molecular weight excluding hydrogens is 370 g/mol. The first-order valence-corrected chi connectivity index (χ1v) is 10.3. The van der Waals surface area contributed by atoms with Gasteiger partial charge in [-0.3, -0.25) is 4.79 Å². The maximum Gasteiger partial charge on any atom is 0.338 e. The summed E-state index contributed by atoms with van der Waals surface area (Å²) in [4.78, 5) is 23.9. The van der Waals surface area contributed by atoms with E-state index in [0.717, 1.165) is 6.26 Å². The van der Waals surface area contributed by atoms with E-state index in [-0.39, 0.29) is 11.3 Å². The maximum absolute atomic E-state index is 12.0. The molecule has 7 nitrogen and oxygen atoms in total. The molecule has 0 aliphatic rings. The fraction of sp³-hybridized carbons (Fsp3) is 0.263. The zero-order valence-electron chi connectivity index (χ0n) is 15.1. The molecule has 0 aromatic heterocycles. The van der Waals surface area contributed by atoms with E-state index in [2.05, 4.69) is 5.32 Å². The molecule has 0 saturated carbocycles. The van der Waals surface area contributed by atoms with Crippen LogP contribution < -0.4 is 10.1 Å². The molecule has 144 valence electrons. The van der Waals surface area contributed by atoms with Crippen LogP contribution in [0, 0.1) is 0 Å². The molecule has 0 fully saturated rings. The second kappa shape index (κ2) is 9.18. The smallest absolute Gasteiger partial charge is 0.338 e. The number of anilines is 1. The Morgan fingerprint density at radius 2 is 1.63 bits per heavy atom. The summed E-state index contributed by atoms with van der Waals surface area (Å²) in [5, 5.41) is 2.61. The monoisotopic (exact) mass is 391 g/mol. The normalized spacial score (nSPS) is 10.9. The van der Waals surface area contributed by atoms with E-state index in [1.54, 1.807) is 24.3 Å². The van der Waals surface area contributed by atoms with Gasteiger partial charge in [-0.1, -0.05) is 12.1 Å². The number of esters is 1. The van der Waals surface area contributed by atoms with Crippen LogP contribution in [0.5, 0.6) is 5.75 Å². The topological polar surface area (TPSA) is 98.8 Å². The minimum absolute atomic E-state index is 0.104. The molecule has 0 radical (unpaired) electrons. The Kier molecular flexibility index (Phi) is 6.95. The third-order valence-corrected chi connectivity index (χ3v) is 4.26. The van der Waals surface area contributed by atoms with Crippen LogP contribution in [0.25, 0.3) is 0 Å². The van der Waals surface area contributed by atoms with E-state index in [4.69, 9.17) is 9.47 Å². The standard InChI is InChI=1S/C19H21NO6S/c1-3-25-17-10-8-16(9-11-17)20-18(21)12-26-19(22)15-6-4-14(5-7-15)13-27(2,23)24/h4-11H,3,12-13H2,1-2H3,(H,20,21). The zero-order chi connectivity index (χ0) is 19.9. The highest BCUT2D eigenvalue weighted by Gasteiger charge is 2.11. The van der Waals surface area contributed by atoms with Crippen LogP contribution in [-0.2, 0) is 25.1 Å². The van der Waals surface area contributed by atoms with E-state index < -0.39 is 28.3 Å². The largest absolute Gasteiger partial charge is 0.494 e. The van der Waals surface area contributed by atoms with Crippen molar-refractivity contribution in [1.29, 1.82) is 0 Å². The van der Waals surface area contributed by atoms with Gasteiger partial charge in [0.15, 0.2) is 16.4 Å². The van der Waals surface area contributed by atoms with Crippen LogP contribution in [0.4, 0.5) is 5.69 Å². The van der Waals surface area contributed by atoms with Crippen molar-refractivity contribution in [2.45, 2.75) is 12.7 Å². The molecule has 8 heteroatoms. The van der Waals surface area contributed by atoms with Crippen molar-refractivity contribution in [2.24, 2.45) is 0 Å². The van der Waals surface area contributed by atoms with Gasteiger partial charge in [0, 0.05) is 11.9 Å². The summed E-state index contributed by atoms with van der Waals surface area (Å²) in [6.45, 7) is 2.00. The Morgan fingerprint density at radius 1 is 1.00 bits per heavy atom. The fourth-order valence-corrected chi connectivity index (χ4v) is 3.05. The van der Waals surface area contributed by atoms with Gasteiger partial charge in [0.2, 0.25) is 0 Å². The van der Waals surface area contributed by atoms with Crippen molar-refractivity contribution in [2.75, 3.05) is 24.8 Å². The average Bonchev–Trinajstić information content (AvgIpc) is 2.61. The van der Waals surface area contributed by atoms with E-state index in [9.17, 15) is 18.0 Å². The summed E-state index contributed by atoms with van der Waals surface area (Å²) in [5.74, 6) is -0.544. The number of nitrogens with one attached hydrogen (secondary N) is 1. The van der Waals surface area contributed by atoms with Crippen molar-refractivity contribution in [3.63, 3.8) is 0 Å². The Bertz CT molecular complexity index is 889. The zero-order valence-corrected chi connectivity index (χ0v) is 15.9. The molecule has 0 aliphatic carbocycles. The van der Waals surface area contributed by atoms with E-state index in [1.165, 1.54) is 24.3 Å². The lowest BCUT2D eigenvalue weighted by molar-refractivity contribution is -0.119. The van der Waals surface area contributed by atoms with E-state index in [0.29, 0.717) is 23.6 Å². The molecule has 1 N–H and O–H groups in total. The molecule has 0 spiro atoms. The van der Waals surface area contributed by atoms with E-state index in [1.807, 2.05) is 6.92 Å². The van der Waals surface area contributed by atoms with Gasteiger partial charge >= 0.3 is 5.97 Å². The molecule has 2 aromatic carbocycles. The van der Waals surface area contributed by atoms with Crippen LogP contribution in [0.2, 0.25) is 0 Å². The van der Waals surface area contributed by atoms with Crippen molar-refractivity contribution in [1.82, 2.24) is 0 Å². The summed E-state index contributed by atoms with van der Waals surface area (Å²) >= 11 is 0. The van der Waals surface area contributed by atoms with Crippen molar-refractivity contribution >= 4 is 27.4 Å². The maximum atomic E-state index is 12.0. The molecule has 2 aromatic rings. The van der Waals surface area contributed by atoms with Gasteiger partial charge in [0.05, 0.1) is 17.9 Å². The molecule has 0 aliphatic heterocycles. The predicted octanol–water partition coefficient (Wildman–Crippen LogP) is 2.43. The van der Waals surface area contributed by atoms with Gasteiger partial charge in [-0.15, -0.1) is 0 Å². The number of ether oxygens (including phenoxy) is 2. The number of carbonyl (C=O) groups is 2. The van der Waals surface area contributed by atoms with Crippen molar-refractivity contribution < 1.29 is 27.5 Å². The lowest BCUT2D eigenvalue weighted by atomic mass is 10.1. The number of sulfone groups is 1. The second-order valence-electron chi connectivity index (χ2n) is 5.85. The molecule has 2 rings (SSSR count). The Morgan fingerprint density at radius 3 is 2.19 bits per heavy atom. The number of hydrogen-bond donors (Lipinski definition) is 1. The fourth-order valence-electron chi connectivity index (χ4n) is 2.25. The van der Waals surface area contributed by atoms with Crippen molar-refractivity contribution in [3.8, 4) is 5.75 Å².